The Morgan fingerprint density at radius 3 is 2.93 bits per heavy atom. The number of aromatic nitrogens is 1. The third-order valence-electron chi connectivity index (χ3n) is 1.43. The molecule has 3 N–H and O–H groups in total. The number of nitrogens with two attached hydrogens (primary N) is 1. The molecular formula is C6H8N4O4. The molecule has 0 bridgehead atoms. The molecule has 76 valence electrons. The number of ether oxygens (including phenoxy) is 1. The predicted octanol–water partition coefficient (Wildman–Crippen LogP) is 0.0699. The lowest BCUT2D eigenvalue weighted by Gasteiger charge is -1.93. The van der Waals surface area contributed by atoms with Crippen molar-refractivity contribution in [2.45, 2.75) is 6.42 Å². The number of amidine groups is 1. The van der Waals surface area contributed by atoms with Crippen molar-refractivity contribution in [2.75, 3.05) is 7.11 Å². The Kier molecular flexibility index (Phi) is 2.65. The molecule has 0 aromatic carbocycles. The summed E-state index contributed by atoms with van der Waals surface area (Å²) >= 11 is 0. The van der Waals surface area contributed by atoms with E-state index in [4.69, 9.17) is 11.1 Å². The fourth-order valence-electron chi connectivity index (χ4n) is 0.905. The van der Waals surface area contributed by atoms with Crippen LogP contribution in [0.15, 0.2) is 4.52 Å². The van der Waals surface area contributed by atoms with Gasteiger partial charge in [0.1, 0.15) is 0 Å². The Labute approximate surface area is 78.3 Å². The van der Waals surface area contributed by atoms with E-state index in [0.717, 1.165) is 0 Å². The SMILES string of the molecule is COc1noc(CC(=N)N)c1[N+](=O)[O-]. The summed E-state index contributed by atoms with van der Waals surface area (Å²) in [5.41, 5.74) is 4.69. The van der Waals surface area contributed by atoms with Gasteiger partial charge < -0.3 is 15.0 Å². The molecule has 0 saturated heterocycles. The van der Waals surface area contributed by atoms with Crippen LogP contribution in [-0.4, -0.2) is 23.0 Å². The van der Waals surface area contributed by atoms with Crippen molar-refractivity contribution in [1.29, 1.82) is 5.41 Å². The van der Waals surface area contributed by atoms with E-state index >= 15 is 0 Å². The van der Waals surface area contributed by atoms with Crippen molar-refractivity contribution in [3.63, 3.8) is 0 Å². The minimum Gasteiger partial charge on any atom is -0.474 e. The normalized spacial score (nSPS) is 9.79. The van der Waals surface area contributed by atoms with Crippen molar-refractivity contribution in [2.24, 2.45) is 5.73 Å². The average Bonchev–Trinajstić information content (AvgIpc) is 2.46. The van der Waals surface area contributed by atoms with Crippen molar-refractivity contribution in [3.8, 4) is 5.88 Å². The molecule has 1 heterocycles. The van der Waals surface area contributed by atoms with Crippen LogP contribution in [-0.2, 0) is 6.42 Å². The molecule has 0 spiro atoms. The average molecular weight is 200 g/mol. The van der Waals surface area contributed by atoms with Gasteiger partial charge in [-0.1, -0.05) is 0 Å². The van der Waals surface area contributed by atoms with Crippen LogP contribution in [0.5, 0.6) is 5.88 Å². The summed E-state index contributed by atoms with van der Waals surface area (Å²) in [6, 6.07) is 0. The minimum absolute atomic E-state index is 0.0839. The molecule has 14 heavy (non-hydrogen) atoms. The molecule has 0 unspecified atom stereocenters. The standard InChI is InChI=1S/C6H8N4O4/c1-13-6-5(10(11)12)3(14-9-6)2-4(7)8/h2H2,1H3,(H3,7,8). The zero-order valence-corrected chi connectivity index (χ0v) is 7.31. The zero-order chi connectivity index (χ0) is 10.7. The molecule has 0 radical (unpaired) electrons. The van der Waals surface area contributed by atoms with Crippen molar-refractivity contribution < 1.29 is 14.2 Å². The molecule has 0 aliphatic heterocycles. The predicted molar refractivity (Wildman–Crippen MR) is 45.3 cm³/mol. The number of nitrogens with zero attached hydrogens (tertiary/aromatic N) is 2. The summed E-state index contributed by atoms with van der Waals surface area (Å²) in [4.78, 5) is 9.87. The Morgan fingerprint density at radius 2 is 2.50 bits per heavy atom. The topological polar surface area (TPSA) is 128 Å². The van der Waals surface area contributed by atoms with Gasteiger partial charge in [0.15, 0.2) is 0 Å². The highest BCUT2D eigenvalue weighted by Crippen LogP contribution is 2.29. The van der Waals surface area contributed by atoms with Crippen LogP contribution >= 0.6 is 0 Å². The lowest BCUT2D eigenvalue weighted by molar-refractivity contribution is -0.386. The van der Waals surface area contributed by atoms with Gasteiger partial charge in [-0.2, -0.15) is 0 Å². The van der Waals surface area contributed by atoms with Gasteiger partial charge in [0.05, 0.1) is 24.3 Å². The first kappa shape index (κ1) is 9.96. The quantitative estimate of drug-likeness (QED) is 0.306. The lowest BCUT2D eigenvalue weighted by atomic mass is 10.3. The third-order valence-corrected chi connectivity index (χ3v) is 1.43. The van der Waals surface area contributed by atoms with Gasteiger partial charge in [0.25, 0.3) is 0 Å². The largest absolute Gasteiger partial charge is 0.474 e. The number of nitro groups is 1. The highest BCUT2D eigenvalue weighted by Gasteiger charge is 2.28. The summed E-state index contributed by atoms with van der Waals surface area (Å²) in [6.07, 6.45) is -0.160. The monoisotopic (exact) mass is 200 g/mol. The number of methoxy groups -OCH3 is 1. The number of rotatable bonds is 4. The lowest BCUT2D eigenvalue weighted by Crippen LogP contribution is -2.13. The van der Waals surface area contributed by atoms with Gasteiger partial charge in [-0.05, 0) is 5.16 Å². The highest BCUT2D eigenvalue weighted by atomic mass is 16.6. The van der Waals surface area contributed by atoms with Crippen LogP contribution in [0.25, 0.3) is 0 Å². The Balaban J connectivity index is 3.10. The van der Waals surface area contributed by atoms with E-state index < -0.39 is 4.92 Å². The summed E-state index contributed by atoms with van der Waals surface area (Å²) in [6.45, 7) is 0. The van der Waals surface area contributed by atoms with E-state index in [9.17, 15) is 10.1 Å². The highest BCUT2D eigenvalue weighted by molar-refractivity contribution is 5.80. The first-order valence-electron chi connectivity index (χ1n) is 3.56. The van der Waals surface area contributed by atoms with Crippen LogP contribution in [0, 0.1) is 15.5 Å². The molecule has 1 rings (SSSR count). The van der Waals surface area contributed by atoms with Gasteiger partial charge in [0.2, 0.25) is 5.76 Å². The fraction of sp³-hybridized carbons (Fsp3) is 0.333. The molecule has 0 fully saturated rings. The van der Waals surface area contributed by atoms with Gasteiger partial charge >= 0.3 is 11.6 Å². The molecule has 1 aromatic rings. The van der Waals surface area contributed by atoms with E-state index in [1.54, 1.807) is 0 Å². The second kappa shape index (κ2) is 3.73. The van der Waals surface area contributed by atoms with E-state index in [-0.39, 0.29) is 29.6 Å². The molecule has 8 nitrogen and oxygen atoms in total. The van der Waals surface area contributed by atoms with Gasteiger partial charge in [-0.25, -0.2) is 0 Å². The van der Waals surface area contributed by atoms with Crippen molar-refractivity contribution in [1.82, 2.24) is 5.16 Å². The van der Waals surface area contributed by atoms with Gasteiger partial charge in [0, 0.05) is 0 Å². The van der Waals surface area contributed by atoms with E-state index in [2.05, 4.69) is 14.4 Å². The summed E-state index contributed by atoms with van der Waals surface area (Å²) < 4.78 is 9.23. The van der Waals surface area contributed by atoms with Gasteiger partial charge in [-0.3, -0.25) is 15.5 Å². The van der Waals surface area contributed by atoms with Crippen LogP contribution in [0.4, 0.5) is 5.69 Å². The fourth-order valence-corrected chi connectivity index (χ4v) is 0.905. The molecule has 0 saturated carbocycles. The number of hydrogen-bond acceptors (Lipinski definition) is 6. The maximum Gasteiger partial charge on any atom is 0.375 e. The summed E-state index contributed by atoms with van der Waals surface area (Å²) in [5, 5.41) is 20.8. The summed E-state index contributed by atoms with van der Waals surface area (Å²) in [7, 11) is 1.24. The van der Waals surface area contributed by atoms with E-state index in [1.165, 1.54) is 7.11 Å². The molecule has 0 amide bonds. The Bertz CT molecular complexity index is 372. The van der Waals surface area contributed by atoms with Crippen LogP contribution in [0.1, 0.15) is 5.76 Å². The minimum atomic E-state index is -0.687. The Morgan fingerprint density at radius 1 is 1.86 bits per heavy atom. The van der Waals surface area contributed by atoms with E-state index in [0.29, 0.717) is 0 Å². The number of hydrogen-bond donors (Lipinski definition) is 2. The molecule has 0 aliphatic carbocycles. The maximum atomic E-state index is 10.6. The summed E-state index contributed by atoms with van der Waals surface area (Å²) in [5.74, 6) is -0.544. The van der Waals surface area contributed by atoms with Crippen LogP contribution in [0.3, 0.4) is 0 Å². The molecule has 1 aromatic heterocycles. The van der Waals surface area contributed by atoms with Crippen LogP contribution in [0.2, 0.25) is 0 Å². The second-order valence-corrected chi connectivity index (χ2v) is 2.42. The molecular weight excluding hydrogens is 192 g/mol. The molecule has 0 aliphatic rings. The Hall–Kier alpha value is -2.12. The van der Waals surface area contributed by atoms with Gasteiger partial charge in [-0.15, -0.1) is 0 Å². The zero-order valence-electron chi connectivity index (χ0n) is 7.31. The first-order valence-corrected chi connectivity index (χ1v) is 3.56. The van der Waals surface area contributed by atoms with E-state index in [1.807, 2.05) is 0 Å². The second-order valence-electron chi connectivity index (χ2n) is 2.42. The maximum absolute atomic E-state index is 10.6. The smallest absolute Gasteiger partial charge is 0.375 e. The number of nitrogens with one attached hydrogen (secondary N) is 1. The van der Waals surface area contributed by atoms with Crippen LogP contribution < -0.4 is 10.5 Å². The molecule has 8 heteroatoms. The third kappa shape index (κ3) is 1.79. The molecule has 0 atom stereocenters. The van der Waals surface area contributed by atoms with Crippen molar-refractivity contribution in [3.05, 3.63) is 15.9 Å². The van der Waals surface area contributed by atoms with Crippen molar-refractivity contribution >= 4 is 11.5 Å². The first-order chi connectivity index (χ1) is 6.56.